The molecular weight excluding hydrogens is 330 g/mol. The lowest BCUT2D eigenvalue weighted by Crippen LogP contribution is -2.53. The Kier molecular flexibility index (Phi) is 6.81. The van der Waals surface area contributed by atoms with Gasteiger partial charge in [0.1, 0.15) is 0 Å². The van der Waals surface area contributed by atoms with Crippen LogP contribution < -0.4 is 5.32 Å². The molecule has 0 unspecified atom stereocenters. The van der Waals surface area contributed by atoms with Crippen LogP contribution in [0.4, 0.5) is 0 Å². The van der Waals surface area contributed by atoms with E-state index in [4.69, 9.17) is 9.84 Å². The van der Waals surface area contributed by atoms with Crippen molar-refractivity contribution in [1.82, 2.24) is 5.32 Å². The van der Waals surface area contributed by atoms with Crippen molar-refractivity contribution in [1.29, 1.82) is 0 Å². The van der Waals surface area contributed by atoms with E-state index < -0.39 is 11.5 Å². The van der Waals surface area contributed by atoms with Crippen LogP contribution in [-0.2, 0) is 14.3 Å². The number of amides is 1. The summed E-state index contributed by atoms with van der Waals surface area (Å²) in [6, 6.07) is 8.92. The minimum Gasteiger partial charge on any atom is -0.481 e. The van der Waals surface area contributed by atoms with Gasteiger partial charge in [0.15, 0.2) is 5.78 Å². The number of aliphatic carboxylic acids is 1. The Balaban J connectivity index is 1.81. The molecule has 0 spiro atoms. The maximum atomic E-state index is 12.1. The Morgan fingerprint density at radius 1 is 1.12 bits per heavy atom. The zero-order valence-electron chi connectivity index (χ0n) is 13.3. The molecule has 1 fully saturated rings. The molecular formula is C17H21NO5S. The summed E-state index contributed by atoms with van der Waals surface area (Å²) in [5.41, 5.74) is -0.122. The largest absolute Gasteiger partial charge is 0.481 e. The molecule has 7 heteroatoms. The summed E-state index contributed by atoms with van der Waals surface area (Å²) in [6.45, 7) is 0.875. The second kappa shape index (κ2) is 8.84. The lowest BCUT2D eigenvalue weighted by molar-refractivity contribution is -0.140. The Morgan fingerprint density at radius 3 is 2.42 bits per heavy atom. The first-order valence-electron chi connectivity index (χ1n) is 7.77. The average Bonchev–Trinajstić information content (AvgIpc) is 2.55. The van der Waals surface area contributed by atoms with Crippen LogP contribution >= 0.6 is 11.8 Å². The van der Waals surface area contributed by atoms with Gasteiger partial charge in [0.25, 0.3) is 0 Å². The van der Waals surface area contributed by atoms with Gasteiger partial charge in [-0.05, 0) is 12.8 Å². The predicted octanol–water partition coefficient (Wildman–Crippen LogP) is 1.74. The molecule has 6 nitrogen and oxygen atoms in total. The zero-order valence-corrected chi connectivity index (χ0v) is 14.1. The van der Waals surface area contributed by atoms with E-state index in [2.05, 4.69) is 5.32 Å². The maximum absolute atomic E-state index is 12.1. The van der Waals surface area contributed by atoms with Crippen LogP contribution in [0, 0.1) is 0 Å². The summed E-state index contributed by atoms with van der Waals surface area (Å²) in [6.07, 6.45) is 0.854. The third-order valence-corrected chi connectivity index (χ3v) is 4.84. The van der Waals surface area contributed by atoms with Crippen LogP contribution in [0.2, 0.25) is 0 Å². The molecule has 1 aliphatic heterocycles. The minimum absolute atomic E-state index is 0.0280. The SMILES string of the molecule is O=C(O)CC1(NC(=O)CSCC(=O)c2ccccc2)CCOCC1. The van der Waals surface area contributed by atoms with Gasteiger partial charge in [-0.3, -0.25) is 14.4 Å². The van der Waals surface area contributed by atoms with E-state index in [1.165, 1.54) is 11.8 Å². The molecule has 1 amide bonds. The lowest BCUT2D eigenvalue weighted by atomic mass is 9.86. The van der Waals surface area contributed by atoms with Gasteiger partial charge < -0.3 is 15.2 Å². The van der Waals surface area contributed by atoms with Gasteiger partial charge in [0.2, 0.25) is 5.91 Å². The number of rotatable bonds is 8. The number of carboxylic acid groups (broad SMARTS) is 1. The molecule has 1 aromatic carbocycles. The molecule has 0 radical (unpaired) electrons. The molecule has 1 saturated heterocycles. The van der Waals surface area contributed by atoms with Crippen molar-refractivity contribution in [3.8, 4) is 0 Å². The number of ether oxygens (including phenoxy) is 1. The van der Waals surface area contributed by atoms with Crippen LogP contribution in [0.25, 0.3) is 0 Å². The molecule has 0 saturated carbocycles. The molecule has 0 bridgehead atoms. The van der Waals surface area contributed by atoms with Crippen molar-refractivity contribution >= 4 is 29.4 Å². The fourth-order valence-corrected chi connectivity index (χ4v) is 3.38. The van der Waals surface area contributed by atoms with E-state index in [9.17, 15) is 14.4 Å². The van der Waals surface area contributed by atoms with Crippen LogP contribution in [0.5, 0.6) is 0 Å². The molecule has 0 aromatic heterocycles. The molecule has 1 aromatic rings. The molecule has 0 aliphatic carbocycles. The summed E-state index contributed by atoms with van der Waals surface area (Å²) in [5, 5.41) is 11.9. The van der Waals surface area contributed by atoms with Crippen molar-refractivity contribution in [2.45, 2.75) is 24.8 Å². The number of benzene rings is 1. The van der Waals surface area contributed by atoms with E-state index >= 15 is 0 Å². The summed E-state index contributed by atoms with van der Waals surface area (Å²) in [4.78, 5) is 35.2. The van der Waals surface area contributed by atoms with Crippen LogP contribution in [0.1, 0.15) is 29.6 Å². The predicted molar refractivity (Wildman–Crippen MR) is 91.3 cm³/mol. The van der Waals surface area contributed by atoms with Gasteiger partial charge in [0.05, 0.1) is 23.5 Å². The molecule has 2 N–H and O–H groups in total. The van der Waals surface area contributed by atoms with Gasteiger partial charge in [-0.25, -0.2) is 0 Å². The molecule has 1 heterocycles. The van der Waals surface area contributed by atoms with Crippen molar-refractivity contribution in [3.63, 3.8) is 0 Å². The van der Waals surface area contributed by atoms with Gasteiger partial charge in [0, 0.05) is 18.8 Å². The first kappa shape index (κ1) is 18.5. The summed E-state index contributed by atoms with van der Waals surface area (Å²) >= 11 is 1.23. The topological polar surface area (TPSA) is 92.7 Å². The summed E-state index contributed by atoms with van der Waals surface area (Å²) < 4.78 is 5.26. The standard InChI is InChI=1S/C17H21NO5S/c19-14(13-4-2-1-3-5-13)11-24-12-15(20)18-17(10-16(21)22)6-8-23-9-7-17/h1-5H,6-12H2,(H,18,20)(H,21,22). The van der Waals surface area contributed by atoms with E-state index in [0.717, 1.165) is 0 Å². The Morgan fingerprint density at radius 2 is 1.79 bits per heavy atom. The van der Waals surface area contributed by atoms with Gasteiger partial charge >= 0.3 is 5.97 Å². The van der Waals surface area contributed by atoms with Crippen LogP contribution in [0.15, 0.2) is 30.3 Å². The number of carboxylic acids is 1. The molecule has 1 aliphatic rings. The van der Waals surface area contributed by atoms with Crippen molar-refractivity contribution in [2.24, 2.45) is 0 Å². The minimum atomic E-state index is -0.941. The van der Waals surface area contributed by atoms with Gasteiger partial charge in [-0.2, -0.15) is 0 Å². The van der Waals surface area contributed by atoms with E-state index in [1.807, 2.05) is 6.07 Å². The Hall–Kier alpha value is -1.86. The second-order valence-electron chi connectivity index (χ2n) is 5.79. The number of hydrogen-bond acceptors (Lipinski definition) is 5. The van der Waals surface area contributed by atoms with Crippen molar-refractivity contribution in [2.75, 3.05) is 24.7 Å². The van der Waals surface area contributed by atoms with Gasteiger partial charge in [-0.1, -0.05) is 30.3 Å². The maximum Gasteiger partial charge on any atom is 0.305 e. The number of ketones is 1. The third-order valence-electron chi connectivity index (χ3n) is 3.91. The average molecular weight is 351 g/mol. The Bertz CT molecular complexity index is 584. The quantitative estimate of drug-likeness (QED) is 0.693. The fourth-order valence-electron chi connectivity index (χ4n) is 2.67. The number of hydrogen-bond donors (Lipinski definition) is 2. The van der Waals surface area contributed by atoms with Gasteiger partial charge in [-0.15, -0.1) is 11.8 Å². The number of nitrogens with one attached hydrogen (secondary N) is 1. The second-order valence-corrected chi connectivity index (χ2v) is 6.78. The smallest absolute Gasteiger partial charge is 0.305 e. The number of Topliss-reactive ketones (excluding diaryl/α,β-unsaturated/α-hetero) is 1. The Labute approximate surface area is 145 Å². The number of thioether (sulfide) groups is 1. The third kappa shape index (κ3) is 5.65. The van der Waals surface area contributed by atoms with E-state index in [-0.39, 0.29) is 29.6 Å². The summed E-state index contributed by atoms with van der Waals surface area (Å²) in [5.74, 6) is -0.874. The number of carbonyl (C=O) groups is 3. The van der Waals surface area contributed by atoms with Crippen molar-refractivity contribution in [3.05, 3.63) is 35.9 Å². The zero-order chi connectivity index (χ0) is 17.4. The van der Waals surface area contributed by atoms with Crippen LogP contribution in [0.3, 0.4) is 0 Å². The van der Waals surface area contributed by atoms with Crippen molar-refractivity contribution < 1.29 is 24.2 Å². The van der Waals surface area contributed by atoms with E-state index in [0.29, 0.717) is 31.6 Å². The highest BCUT2D eigenvalue weighted by atomic mass is 32.2. The summed E-state index contributed by atoms with van der Waals surface area (Å²) in [7, 11) is 0. The molecule has 2 rings (SSSR count). The van der Waals surface area contributed by atoms with Crippen LogP contribution in [-0.4, -0.2) is 53.0 Å². The monoisotopic (exact) mass is 351 g/mol. The number of carbonyl (C=O) groups excluding carboxylic acids is 2. The lowest BCUT2D eigenvalue weighted by Gasteiger charge is -2.36. The highest BCUT2D eigenvalue weighted by molar-refractivity contribution is 8.00. The molecule has 24 heavy (non-hydrogen) atoms. The first-order valence-corrected chi connectivity index (χ1v) is 8.93. The normalized spacial score (nSPS) is 16.3. The van der Waals surface area contributed by atoms with E-state index in [1.54, 1.807) is 24.3 Å². The molecule has 130 valence electrons. The fraction of sp³-hybridized carbons (Fsp3) is 0.471. The highest BCUT2D eigenvalue weighted by Crippen LogP contribution is 2.25. The highest BCUT2D eigenvalue weighted by Gasteiger charge is 2.36. The molecule has 0 atom stereocenters. The first-order chi connectivity index (χ1) is 11.5.